The zero-order chi connectivity index (χ0) is 24.7. The van der Waals surface area contributed by atoms with Gasteiger partial charge in [-0.25, -0.2) is 4.79 Å². The largest absolute Gasteiger partial charge is 0.370 e. The van der Waals surface area contributed by atoms with E-state index >= 15 is 0 Å². The summed E-state index contributed by atoms with van der Waals surface area (Å²) in [4.78, 5) is 19.5. The number of fused-ring (bicyclic) bond motifs is 1. The van der Waals surface area contributed by atoms with Crippen LogP contribution >= 0.6 is 11.3 Å². The predicted molar refractivity (Wildman–Crippen MR) is 141 cm³/mol. The lowest BCUT2D eigenvalue weighted by molar-refractivity contribution is 0.217. The van der Waals surface area contributed by atoms with Crippen LogP contribution in [0.3, 0.4) is 0 Å². The molecule has 1 aromatic heterocycles. The van der Waals surface area contributed by atoms with E-state index < -0.39 is 5.54 Å². The van der Waals surface area contributed by atoms with Gasteiger partial charge >= 0.3 is 6.03 Å². The molecule has 34 heavy (non-hydrogen) atoms. The molecule has 9 heteroatoms. The molecule has 1 aromatic carbocycles. The number of aliphatic imine (C=N–C) groups is 1. The third-order valence-electron chi connectivity index (χ3n) is 5.69. The van der Waals surface area contributed by atoms with E-state index in [4.69, 9.17) is 11.8 Å². The molecule has 0 bridgehead atoms. The molecule has 1 aliphatic heterocycles. The Labute approximate surface area is 205 Å². The summed E-state index contributed by atoms with van der Waals surface area (Å²) in [5.41, 5.74) is 0.190. The van der Waals surface area contributed by atoms with Crippen LogP contribution in [0, 0.1) is 17.8 Å². The smallest absolute Gasteiger partial charge is 0.317 e. The van der Waals surface area contributed by atoms with E-state index in [-0.39, 0.29) is 17.9 Å². The van der Waals surface area contributed by atoms with E-state index in [1.54, 1.807) is 40.6 Å². The Morgan fingerprint density at radius 3 is 2.88 bits per heavy atom. The van der Waals surface area contributed by atoms with Crippen molar-refractivity contribution in [3.63, 3.8) is 0 Å². The van der Waals surface area contributed by atoms with Crippen LogP contribution in [0.4, 0.5) is 4.79 Å². The molecule has 8 nitrogen and oxygen atoms in total. The third-order valence-corrected chi connectivity index (χ3v) is 6.65. The molecule has 0 saturated carbocycles. The molecule has 3 rings (SSSR count). The Morgan fingerprint density at radius 1 is 1.47 bits per heavy atom. The average Bonchev–Trinajstić information content (AvgIpc) is 3.43. The number of hydrogen-bond donors (Lipinski definition) is 4. The molecule has 1 aliphatic rings. The summed E-state index contributed by atoms with van der Waals surface area (Å²) in [6.45, 7) is 8.34. The molecule has 2 heterocycles. The first-order chi connectivity index (χ1) is 16.3. The summed E-state index contributed by atoms with van der Waals surface area (Å²) in [5.74, 6) is 3.80. The number of amides is 2. The van der Waals surface area contributed by atoms with E-state index in [1.807, 2.05) is 32.9 Å². The number of amidine groups is 1. The number of benzene rings is 1. The Hall–Kier alpha value is -3.51. The van der Waals surface area contributed by atoms with Gasteiger partial charge in [-0.05, 0) is 37.6 Å². The van der Waals surface area contributed by atoms with Crippen molar-refractivity contribution in [3.05, 3.63) is 47.1 Å². The van der Waals surface area contributed by atoms with Gasteiger partial charge in [0.05, 0.1) is 6.34 Å². The highest BCUT2D eigenvalue weighted by Gasteiger charge is 2.28. The van der Waals surface area contributed by atoms with Crippen molar-refractivity contribution in [2.75, 3.05) is 33.2 Å². The zero-order valence-electron chi connectivity index (χ0n) is 20.2. The van der Waals surface area contributed by atoms with Gasteiger partial charge in [0, 0.05) is 55.6 Å². The van der Waals surface area contributed by atoms with Crippen LogP contribution in [0.5, 0.6) is 0 Å². The van der Waals surface area contributed by atoms with Crippen molar-refractivity contribution in [2.24, 2.45) is 4.99 Å². The minimum atomic E-state index is -0.814. The summed E-state index contributed by atoms with van der Waals surface area (Å²) in [6.07, 6.45) is 9.42. The van der Waals surface area contributed by atoms with Crippen molar-refractivity contribution in [1.29, 1.82) is 5.41 Å². The van der Waals surface area contributed by atoms with E-state index in [0.29, 0.717) is 32.0 Å². The van der Waals surface area contributed by atoms with Crippen LogP contribution in [0.15, 0.2) is 46.5 Å². The van der Waals surface area contributed by atoms with Crippen molar-refractivity contribution < 1.29 is 4.79 Å². The highest BCUT2D eigenvalue weighted by Crippen LogP contribution is 2.33. The average molecular weight is 480 g/mol. The van der Waals surface area contributed by atoms with Crippen LogP contribution in [0.1, 0.15) is 26.3 Å². The summed E-state index contributed by atoms with van der Waals surface area (Å²) >= 11 is 1.65. The number of nitrogens with zero attached hydrogens (tertiary/aromatic N) is 3. The Morgan fingerprint density at radius 2 is 2.24 bits per heavy atom. The molecule has 1 atom stereocenters. The third kappa shape index (κ3) is 5.69. The summed E-state index contributed by atoms with van der Waals surface area (Å²) in [6, 6.07) is 8.17. The monoisotopic (exact) mass is 479 g/mol. The second-order valence-electron chi connectivity index (χ2n) is 8.50. The van der Waals surface area contributed by atoms with E-state index in [1.165, 1.54) is 0 Å². The first-order valence-electron chi connectivity index (χ1n) is 11.3. The van der Waals surface area contributed by atoms with Gasteiger partial charge < -0.3 is 25.8 Å². The van der Waals surface area contributed by atoms with Gasteiger partial charge in [-0.15, -0.1) is 17.8 Å². The Kier molecular flexibility index (Phi) is 8.18. The first-order valence-corrected chi connectivity index (χ1v) is 12.2. The highest BCUT2D eigenvalue weighted by atomic mass is 32.1. The lowest BCUT2D eigenvalue weighted by atomic mass is 9.92. The molecular weight excluding hydrogens is 446 g/mol. The highest BCUT2D eigenvalue weighted by molar-refractivity contribution is 7.17. The van der Waals surface area contributed by atoms with Crippen LogP contribution in [0.2, 0.25) is 0 Å². The van der Waals surface area contributed by atoms with E-state index in [0.717, 1.165) is 15.6 Å². The number of carbonyl (C=O) groups excluding carboxylic acids is 1. The van der Waals surface area contributed by atoms with Gasteiger partial charge in [-0.1, -0.05) is 24.1 Å². The minimum absolute atomic E-state index is 0.0573. The second-order valence-corrected chi connectivity index (χ2v) is 9.41. The van der Waals surface area contributed by atoms with Gasteiger partial charge in [0.2, 0.25) is 0 Å². The van der Waals surface area contributed by atoms with E-state index in [2.05, 4.69) is 44.4 Å². The fraction of sp³-hybridized carbons (Fsp3) is 0.400. The molecule has 2 aromatic rings. The normalized spacial score (nSPS) is 15.9. The summed E-state index contributed by atoms with van der Waals surface area (Å²) < 4.78 is 1.16. The lowest BCUT2D eigenvalue weighted by Crippen LogP contribution is -2.45. The van der Waals surface area contributed by atoms with Gasteiger partial charge in [0.25, 0.3) is 0 Å². The first kappa shape index (κ1) is 25.1. The number of carbonyl (C=O) groups is 1. The molecule has 0 aliphatic carbocycles. The Bertz CT molecular complexity index is 1130. The van der Waals surface area contributed by atoms with E-state index in [9.17, 15) is 4.79 Å². The maximum Gasteiger partial charge on any atom is 0.317 e. The molecule has 1 fully saturated rings. The number of urea groups is 1. The molecule has 180 valence electrons. The number of rotatable bonds is 10. The number of nitrogens with one attached hydrogen (secondary N) is 4. The van der Waals surface area contributed by atoms with Gasteiger partial charge in [0.15, 0.2) is 0 Å². The van der Waals surface area contributed by atoms with Crippen LogP contribution in [-0.4, -0.2) is 67.3 Å². The van der Waals surface area contributed by atoms with Crippen LogP contribution < -0.4 is 16.0 Å². The van der Waals surface area contributed by atoms with Gasteiger partial charge in [-0.2, -0.15) is 0 Å². The standard InChI is InChI=1S/C25H33N7OS/c1-6-25(4,20-16-34-21-10-8-7-9-19(20)21)30-23(15-22(26)32(17-27-5)18(2)3)28-11-13-31-14-12-29-24(31)33/h1,7-10,15-18,26,28,30H,11-14H2,2-5H3,(H,29,33). The predicted octanol–water partition coefficient (Wildman–Crippen LogP) is 3.14. The topological polar surface area (TPSA) is 95.8 Å². The number of hydrogen-bond acceptors (Lipinski definition) is 6. The molecule has 1 saturated heterocycles. The fourth-order valence-corrected chi connectivity index (χ4v) is 4.88. The number of thiophene rings is 1. The SMILES string of the molecule is C#CC(C)(NC(=CC(=N)N(C=NC)C(C)C)NCCN1CCNC1=O)c1csc2ccccc12. The second kappa shape index (κ2) is 11.1. The molecule has 0 radical (unpaired) electrons. The maximum atomic E-state index is 11.9. The lowest BCUT2D eigenvalue weighted by Gasteiger charge is -2.30. The van der Waals surface area contributed by atoms with Crippen molar-refractivity contribution in [2.45, 2.75) is 32.4 Å². The quantitative estimate of drug-likeness (QED) is 0.239. The molecule has 2 amide bonds. The van der Waals surface area contributed by atoms with Crippen LogP contribution in [0.25, 0.3) is 10.1 Å². The van der Waals surface area contributed by atoms with Crippen LogP contribution in [-0.2, 0) is 5.54 Å². The van der Waals surface area contributed by atoms with Crippen molar-refractivity contribution in [3.8, 4) is 12.3 Å². The van der Waals surface area contributed by atoms with Crippen molar-refractivity contribution >= 4 is 39.6 Å². The summed E-state index contributed by atoms with van der Waals surface area (Å²) in [7, 11) is 1.68. The number of terminal acetylenes is 1. The molecule has 4 N–H and O–H groups in total. The van der Waals surface area contributed by atoms with Crippen molar-refractivity contribution in [1.82, 2.24) is 25.8 Å². The fourth-order valence-electron chi connectivity index (χ4n) is 3.81. The molecule has 1 unspecified atom stereocenters. The molecular formula is C25H33N7OS. The minimum Gasteiger partial charge on any atom is -0.370 e. The van der Waals surface area contributed by atoms with Gasteiger partial charge in [0.1, 0.15) is 17.2 Å². The molecule has 0 spiro atoms. The van der Waals surface area contributed by atoms with Gasteiger partial charge in [-0.3, -0.25) is 10.4 Å². The maximum absolute atomic E-state index is 11.9. The zero-order valence-corrected chi connectivity index (χ0v) is 21.0. The summed E-state index contributed by atoms with van der Waals surface area (Å²) in [5, 5.41) is 21.5. The Balaban J connectivity index is 1.88.